The molecule has 2 atom stereocenters. The zero-order valence-electron chi connectivity index (χ0n) is 11.9. The molecule has 2 aliphatic carbocycles. The molecule has 0 heterocycles. The van der Waals surface area contributed by atoms with Crippen LogP contribution >= 0.6 is 0 Å². The van der Waals surface area contributed by atoms with Crippen molar-refractivity contribution in [1.82, 2.24) is 0 Å². The van der Waals surface area contributed by atoms with Crippen molar-refractivity contribution in [2.75, 3.05) is 5.75 Å². The first kappa shape index (κ1) is 13.8. The molecule has 1 aromatic rings. The Bertz CT molecular complexity index is 646. The molecule has 20 heavy (non-hydrogen) atoms. The van der Waals surface area contributed by atoms with E-state index in [1.165, 1.54) is 0 Å². The van der Waals surface area contributed by atoms with Crippen LogP contribution in [0.1, 0.15) is 33.1 Å². The minimum atomic E-state index is -3.41. The highest BCUT2D eigenvalue weighted by molar-refractivity contribution is 7.91. The summed E-state index contributed by atoms with van der Waals surface area (Å²) in [5.74, 6) is 0.464. The predicted octanol–water partition coefficient (Wildman–Crippen LogP) is 2.86. The summed E-state index contributed by atoms with van der Waals surface area (Å²) in [4.78, 5) is 12.7. The number of fused-ring (bicyclic) bond motifs is 2. The van der Waals surface area contributed by atoms with E-state index in [4.69, 9.17) is 0 Å². The molecular weight excluding hydrogens is 272 g/mol. The van der Waals surface area contributed by atoms with Gasteiger partial charge in [-0.25, -0.2) is 8.42 Å². The lowest BCUT2D eigenvalue weighted by molar-refractivity contribution is -0.128. The molecule has 0 saturated heterocycles. The molecule has 0 N–H and O–H groups in total. The van der Waals surface area contributed by atoms with Crippen LogP contribution in [-0.2, 0) is 14.6 Å². The molecule has 2 fully saturated rings. The van der Waals surface area contributed by atoms with Crippen LogP contribution in [0.15, 0.2) is 35.2 Å². The Morgan fingerprint density at radius 1 is 1.20 bits per heavy atom. The van der Waals surface area contributed by atoms with Crippen LogP contribution in [-0.4, -0.2) is 20.0 Å². The molecule has 0 aliphatic heterocycles. The highest BCUT2D eigenvalue weighted by Gasteiger charge is 2.65. The lowest BCUT2D eigenvalue weighted by Crippen LogP contribution is -2.42. The zero-order chi connectivity index (χ0) is 14.6. The summed E-state index contributed by atoms with van der Waals surface area (Å²) in [6.07, 6.45) is 2.25. The van der Waals surface area contributed by atoms with Crippen LogP contribution in [0.5, 0.6) is 0 Å². The smallest absolute Gasteiger partial charge is 0.179 e. The van der Waals surface area contributed by atoms with E-state index >= 15 is 0 Å². The Balaban J connectivity index is 2.01. The van der Waals surface area contributed by atoms with E-state index in [2.05, 4.69) is 13.8 Å². The molecule has 3 nitrogen and oxygen atoms in total. The van der Waals surface area contributed by atoms with Gasteiger partial charge in [-0.3, -0.25) is 4.79 Å². The summed E-state index contributed by atoms with van der Waals surface area (Å²) in [6.45, 7) is 4.13. The van der Waals surface area contributed by atoms with E-state index in [9.17, 15) is 13.2 Å². The van der Waals surface area contributed by atoms with Gasteiger partial charge >= 0.3 is 0 Å². The first-order valence-corrected chi connectivity index (χ1v) is 8.76. The fourth-order valence-corrected chi connectivity index (χ4v) is 6.21. The third-order valence-corrected chi connectivity index (χ3v) is 7.54. The number of ketones is 1. The van der Waals surface area contributed by atoms with Gasteiger partial charge in [0, 0.05) is 11.8 Å². The summed E-state index contributed by atoms with van der Waals surface area (Å²) < 4.78 is 25.3. The fraction of sp³-hybridized carbons (Fsp3) is 0.562. The molecule has 4 heteroatoms. The highest BCUT2D eigenvalue weighted by atomic mass is 32.2. The SMILES string of the molecule is CC1(C)[C@@H]2CC[C@@]1(CS(=O)(=O)c1ccccc1)C(=O)C2. The number of sulfone groups is 1. The lowest BCUT2D eigenvalue weighted by Gasteiger charge is -2.36. The van der Waals surface area contributed by atoms with Crippen LogP contribution < -0.4 is 0 Å². The molecular formula is C16H20O3S. The van der Waals surface area contributed by atoms with Gasteiger partial charge in [-0.15, -0.1) is 0 Å². The minimum Gasteiger partial charge on any atom is -0.299 e. The van der Waals surface area contributed by atoms with Crippen molar-refractivity contribution < 1.29 is 13.2 Å². The van der Waals surface area contributed by atoms with Crippen molar-refractivity contribution in [2.45, 2.75) is 38.0 Å². The number of carbonyl (C=O) groups is 1. The maximum Gasteiger partial charge on any atom is 0.179 e. The largest absolute Gasteiger partial charge is 0.299 e. The number of benzene rings is 1. The van der Waals surface area contributed by atoms with Crippen LogP contribution in [0.25, 0.3) is 0 Å². The number of carbonyl (C=O) groups excluding carboxylic acids is 1. The van der Waals surface area contributed by atoms with Gasteiger partial charge in [0.15, 0.2) is 9.84 Å². The minimum absolute atomic E-state index is 0.0354. The third kappa shape index (κ3) is 1.70. The van der Waals surface area contributed by atoms with Crippen LogP contribution in [0.2, 0.25) is 0 Å². The number of rotatable bonds is 3. The number of hydrogen-bond acceptors (Lipinski definition) is 3. The molecule has 0 spiro atoms. The second kappa shape index (κ2) is 4.17. The monoisotopic (exact) mass is 292 g/mol. The van der Waals surface area contributed by atoms with E-state index < -0.39 is 15.3 Å². The van der Waals surface area contributed by atoms with Crippen molar-refractivity contribution in [3.8, 4) is 0 Å². The van der Waals surface area contributed by atoms with Gasteiger partial charge in [-0.05, 0) is 36.3 Å². The van der Waals surface area contributed by atoms with Crippen LogP contribution in [0.3, 0.4) is 0 Å². The highest BCUT2D eigenvalue weighted by Crippen LogP contribution is 2.64. The van der Waals surface area contributed by atoms with E-state index in [0.29, 0.717) is 17.2 Å². The Hall–Kier alpha value is -1.16. The number of Topliss-reactive ketones (excluding diaryl/α,β-unsaturated/α-hetero) is 1. The van der Waals surface area contributed by atoms with Crippen molar-refractivity contribution >= 4 is 15.6 Å². The van der Waals surface area contributed by atoms with E-state index in [1.54, 1.807) is 30.3 Å². The first-order valence-electron chi connectivity index (χ1n) is 7.11. The zero-order valence-corrected chi connectivity index (χ0v) is 12.7. The molecule has 0 aromatic heterocycles. The van der Waals surface area contributed by atoms with Crippen molar-refractivity contribution in [3.63, 3.8) is 0 Å². The topological polar surface area (TPSA) is 51.2 Å². The van der Waals surface area contributed by atoms with Gasteiger partial charge in [0.1, 0.15) is 5.78 Å². The molecule has 0 amide bonds. The van der Waals surface area contributed by atoms with Gasteiger partial charge in [0.05, 0.1) is 10.6 Å². The average molecular weight is 292 g/mol. The summed E-state index contributed by atoms with van der Waals surface area (Å²) in [5.41, 5.74) is -0.877. The Morgan fingerprint density at radius 2 is 1.85 bits per heavy atom. The van der Waals surface area contributed by atoms with Crippen LogP contribution in [0.4, 0.5) is 0 Å². The number of hydrogen-bond donors (Lipinski definition) is 0. The summed E-state index contributed by atoms with van der Waals surface area (Å²) in [7, 11) is -3.41. The first-order chi connectivity index (χ1) is 9.30. The standard InChI is InChI=1S/C16H20O3S/c1-15(2)12-8-9-16(15,14(17)10-12)11-20(18,19)13-6-4-3-5-7-13/h3-7,12H,8-11H2,1-2H3/t12-,16-/m1/s1. The second-order valence-electron chi connectivity index (χ2n) is 6.74. The lowest BCUT2D eigenvalue weighted by atomic mass is 9.70. The Morgan fingerprint density at radius 3 is 2.35 bits per heavy atom. The molecule has 2 bridgehead atoms. The maximum absolute atomic E-state index is 12.7. The summed E-state index contributed by atoms with van der Waals surface area (Å²) in [5, 5.41) is 0. The van der Waals surface area contributed by atoms with E-state index in [1.807, 2.05) is 0 Å². The van der Waals surface area contributed by atoms with Crippen LogP contribution in [0, 0.1) is 16.7 Å². The van der Waals surface area contributed by atoms with Gasteiger partial charge < -0.3 is 0 Å². The normalized spacial score (nSPS) is 31.7. The van der Waals surface area contributed by atoms with Gasteiger partial charge in [0.25, 0.3) is 0 Å². The average Bonchev–Trinajstić information content (AvgIpc) is 2.73. The molecule has 3 rings (SSSR count). The maximum atomic E-state index is 12.7. The Kier molecular flexibility index (Phi) is 2.88. The molecule has 2 aliphatic rings. The van der Waals surface area contributed by atoms with Gasteiger partial charge in [0.2, 0.25) is 0 Å². The third-order valence-electron chi connectivity index (χ3n) is 5.68. The summed E-state index contributed by atoms with van der Waals surface area (Å²) in [6, 6.07) is 8.48. The second-order valence-corrected chi connectivity index (χ2v) is 8.73. The molecule has 2 saturated carbocycles. The quantitative estimate of drug-likeness (QED) is 0.860. The molecule has 0 radical (unpaired) electrons. The van der Waals surface area contributed by atoms with Gasteiger partial charge in [-0.2, -0.15) is 0 Å². The Labute approximate surface area is 120 Å². The molecule has 1 aromatic carbocycles. The van der Waals surface area contributed by atoms with E-state index in [0.717, 1.165) is 12.8 Å². The van der Waals surface area contributed by atoms with E-state index in [-0.39, 0.29) is 17.0 Å². The van der Waals surface area contributed by atoms with Crippen molar-refractivity contribution in [3.05, 3.63) is 30.3 Å². The molecule has 108 valence electrons. The van der Waals surface area contributed by atoms with Gasteiger partial charge in [-0.1, -0.05) is 32.0 Å². The van der Waals surface area contributed by atoms with Crippen molar-refractivity contribution in [2.24, 2.45) is 16.7 Å². The predicted molar refractivity (Wildman–Crippen MR) is 77.1 cm³/mol. The molecule has 0 unspecified atom stereocenters. The fourth-order valence-electron chi connectivity index (χ4n) is 4.14. The summed E-state index contributed by atoms with van der Waals surface area (Å²) >= 11 is 0. The van der Waals surface area contributed by atoms with Crippen molar-refractivity contribution in [1.29, 1.82) is 0 Å².